The number of aliphatic imine (C=N–C) groups is 1. The third-order valence-corrected chi connectivity index (χ3v) is 7.40. The Bertz CT molecular complexity index is 1440. The van der Waals surface area contributed by atoms with Crippen LogP contribution in [0.3, 0.4) is 0 Å². The van der Waals surface area contributed by atoms with Crippen molar-refractivity contribution in [3.05, 3.63) is 89.1 Å². The van der Waals surface area contributed by atoms with E-state index in [-0.39, 0.29) is 30.0 Å². The van der Waals surface area contributed by atoms with Crippen molar-refractivity contribution in [1.29, 1.82) is 0 Å². The van der Waals surface area contributed by atoms with Gasteiger partial charge in [0.15, 0.2) is 17.6 Å². The van der Waals surface area contributed by atoms with Crippen LogP contribution in [0.4, 0.5) is 8.78 Å². The molecule has 2 aliphatic rings. The first-order chi connectivity index (χ1) is 18.5. The second kappa shape index (κ2) is 11.1. The highest BCUT2D eigenvalue weighted by atomic mass is 32.2. The number of terminal acetylenes is 1. The summed E-state index contributed by atoms with van der Waals surface area (Å²) in [6, 6.07) is 13.2. The smallest absolute Gasteiger partial charge is 0.257 e. The Morgan fingerprint density at radius 2 is 2.11 bits per heavy atom. The molecule has 2 aromatic carbocycles. The summed E-state index contributed by atoms with van der Waals surface area (Å²) in [5.74, 6) is 1.75. The number of carbonyl (C=O) groups is 1. The Balaban J connectivity index is 1.44. The molecule has 1 amide bonds. The van der Waals surface area contributed by atoms with Crippen LogP contribution in [-0.4, -0.2) is 46.5 Å². The lowest BCUT2D eigenvalue weighted by Crippen LogP contribution is -2.43. The first kappa shape index (κ1) is 25.6. The van der Waals surface area contributed by atoms with Gasteiger partial charge in [-0.2, -0.15) is 0 Å². The number of benzene rings is 2. The lowest BCUT2D eigenvalue weighted by atomic mass is 9.81. The number of ether oxygens (including phenoxy) is 1. The molecular weight excluding hydrogens is 508 g/mol. The molecule has 7 nitrogen and oxygen atoms in total. The van der Waals surface area contributed by atoms with Crippen molar-refractivity contribution in [2.24, 2.45) is 10.9 Å². The van der Waals surface area contributed by atoms with Gasteiger partial charge in [-0.3, -0.25) is 4.79 Å². The molecule has 192 valence electrons. The minimum Gasteiger partial charge on any atom is -0.463 e. The van der Waals surface area contributed by atoms with Crippen LogP contribution >= 0.6 is 11.8 Å². The average molecular weight is 532 g/mol. The van der Waals surface area contributed by atoms with E-state index in [9.17, 15) is 4.79 Å². The van der Waals surface area contributed by atoms with Crippen molar-refractivity contribution < 1.29 is 18.3 Å². The first-order valence-electron chi connectivity index (χ1n) is 11.8. The minimum absolute atomic E-state index is 0.000466. The van der Waals surface area contributed by atoms with Gasteiger partial charge < -0.3 is 15.4 Å². The highest BCUT2D eigenvalue weighted by Crippen LogP contribution is 2.44. The monoisotopic (exact) mass is 531 g/mol. The van der Waals surface area contributed by atoms with E-state index >= 15 is 8.78 Å². The van der Waals surface area contributed by atoms with Gasteiger partial charge in [0, 0.05) is 35.9 Å². The quantitative estimate of drug-likeness (QED) is 0.467. The van der Waals surface area contributed by atoms with Gasteiger partial charge in [-0.25, -0.2) is 23.7 Å². The van der Waals surface area contributed by atoms with Gasteiger partial charge in [0.2, 0.25) is 5.88 Å². The van der Waals surface area contributed by atoms with Crippen molar-refractivity contribution in [3.63, 3.8) is 0 Å². The molecule has 0 radical (unpaired) electrons. The predicted octanol–water partition coefficient (Wildman–Crippen LogP) is 4.04. The fraction of sp³-hybridized carbons (Fsp3) is 0.214. The summed E-state index contributed by atoms with van der Waals surface area (Å²) in [4.78, 5) is 25.6. The Labute approximate surface area is 222 Å². The van der Waals surface area contributed by atoms with Crippen molar-refractivity contribution in [3.8, 4) is 18.2 Å². The molecule has 2 N–H and O–H groups in total. The Morgan fingerprint density at radius 1 is 1.26 bits per heavy atom. The molecule has 1 aromatic heterocycles. The Hall–Kier alpha value is -4.07. The summed E-state index contributed by atoms with van der Waals surface area (Å²) in [5.41, 5.74) is 0.344. The average Bonchev–Trinajstić information content (AvgIpc) is 3.38. The van der Waals surface area contributed by atoms with Crippen LogP contribution in [0.25, 0.3) is 11.9 Å². The van der Waals surface area contributed by atoms with E-state index in [1.54, 1.807) is 30.3 Å². The maximum absolute atomic E-state index is 15.3. The molecule has 0 bridgehead atoms. The molecule has 3 heterocycles. The third kappa shape index (κ3) is 5.30. The largest absolute Gasteiger partial charge is 0.463 e. The second-order valence-corrected chi connectivity index (χ2v) is 9.77. The van der Waals surface area contributed by atoms with E-state index in [2.05, 4.69) is 26.5 Å². The van der Waals surface area contributed by atoms with E-state index in [1.165, 1.54) is 42.4 Å². The van der Waals surface area contributed by atoms with Gasteiger partial charge >= 0.3 is 0 Å². The number of amides is 1. The molecule has 0 spiro atoms. The van der Waals surface area contributed by atoms with Crippen molar-refractivity contribution in [2.75, 3.05) is 25.4 Å². The molecule has 0 unspecified atom stereocenters. The number of nitrogens with one attached hydrogen (secondary N) is 2. The summed E-state index contributed by atoms with van der Waals surface area (Å²) in [6.07, 6.45) is 8.94. The highest BCUT2D eigenvalue weighted by molar-refractivity contribution is 8.13. The van der Waals surface area contributed by atoms with Gasteiger partial charge in [0.05, 0.1) is 12.4 Å². The van der Waals surface area contributed by atoms with E-state index in [0.717, 1.165) is 0 Å². The van der Waals surface area contributed by atoms with E-state index in [0.29, 0.717) is 40.7 Å². The molecule has 0 saturated carbocycles. The summed E-state index contributed by atoms with van der Waals surface area (Å²) in [5, 5.41) is 6.60. The highest BCUT2D eigenvalue weighted by Gasteiger charge is 2.48. The number of thioether (sulfide) groups is 1. The Morgan fingerprint density at radius 3 is 2.87 bits per heavy atom. The second-order valence-electron chi connectivity index (χ2n) is 8.76. The van der Waals surface area contributed by atoms with E-state index < -0.39 is 17.2 Å². The lowest BCUT2D eigenvalue weighted by Gasteiger charge is -2.36. The molecule has 38 heavy (non-hydrogen) atoms. The maximum atomic E-state index is 15.3. The topological polar surface area (TPSA) is 88.5 Å². The van der Waals surface area contributed by atoms with Gasteiger partial charge in [0.25, 0.3) is 5.91 Å². The number of aromatic nitrogens is 2. The zero-order chi connectivity index (χ0) is 26.5. The number of hydrogen-bond donors (Lipinski definition) is 2. The summed E-state index contributed by atoms with van der Waals surface area (Å²) >= 11 is 1.43. The van der Waals surface area contributed by atoms with Gasteiger partial charge in [-0.05, 0) is 35.9 Å². The van der Waals surface area contributed by atoms with Crippen LogP contribution in [0.5, 0.6) is 5.88 Å². The Kier molecular flexibility index (Phi) is 7.49. The predicted molar refractivity (Wildman–Crippen MR) is 144 cm³/mol. The van der Waals surface area contributed by atoms with Crippen molar-refractivity contribution in [1.82, 2.24) is 20.6 Å². The maximum Gasteiger partial charge on any atom is 0.257 e. The fourth-order valence-electron chi connectivity index (χ4n) is 4.48. The first-order valence-corrected chi connectivity index (χ1v) is 12.8. The van der Waals surface area contributed by atoms with Crippen LogP contribution in [0.1, 0.15) is 27.2 Å². The number of rotatable bonds is 6. The number of hydrogen-bond acceptors (Lipinski definition) is 7. The summed E-state index contributed by atoms with van der Waals surface area (Å²) < 4.78 is 35.5. The lowest BCUT2D eigenvalue weighted by molar-refractivity contribution is 0.0977. The number of halogens is 2. The molecule has 0 aliphatic carbocycles. The number of nitrogens with zero attached hydrogens (tertiary/aromatic N) is 3. The van der Waals surface area contributed by atoms with Crippen LogP contribution < -0.4 is 15.4 Å². The molecule has 2 atom stereocenters. The van der Waals surface area contributed by atoms with E-state index in [4.69, 9.17) is 16.2 Å². The third-order valence-electron chi connectivity index (χ3n) is 6.37. The normalized spacial score (nSPS) is 20.7. The summed E-state index contributed by atoms with van der Waals surface area (Å²) in [6.45, 7) is 1.06. The summed E-state index contributed by atoms with van der Waals surface area (Å²) in [7, 11) is 0. The van der Waals surface area contributed by atoms with Gasteiger partial charge in [0.1, 0.15) is 17.1 Å². The number of carbonyl (C=O) groups excluding carboxylic acids is 1. The minimum atomic E-state index is -0.940. The molecule has 2 aliphatic heterocycles. The molecule has 1 saturated heterocycles. The number of fused-ring (bicyclic) bond motifs is 1. The molecule has 3 aromatic rings. The molecule has 1 fully saturated rings. The zero-order valence-corrected chi connectivity index (χ0v) is 21.0. The molecular formula is C28H23F2N5O2S. The molecule has 5 rings (SSSR count). The van der Waals surface area contributed by atoms with Gasteiger partial charge in [-0.1, -0.05) is 41.9 Å². The van der Waals surface area contributed by atoms with Gasteiger partial charge in [-0.15, -0.1) is 6.42 Å². The van der Waals surface area contributed by atoms with Crippen molar-refractivity contribution in [2.45, 2.75) is 5.54 Å². The van der Waals surface area contributed by atoms with Crippen molar-refractivity contribution >= 4 is 34.7 Å². The van der Waals surface area contributed by atoms with Crippen LogP contribution in [0.2, 0.25) is 0 Å². The van der Waals surface area contributed by atoms with Crippen LogP contribution in [0.15, 0.2) is 65.9 Å². The number of amidine groups is 1. The SMILES string of the molecule is C#CCOc1cnc(/C(F)=C/c2ccc(F)c([C@]34CNC[C@H]3CSC(NC(=O)c3ccccc3)=N4)c2)cn1. The fourth-order valence-corrected chi connectivity index (χ4v) is 5.63. The van der Waals surface area contributed by atoms with E-state index in [1.807, 2.05) is 6.07 Å². The standard InChI is InChI=1S/C28H23F2N5O2S/c1-2-10-37-25-15-32-24(14-33-25)23(30)12-18-8-9-22(29)21(11-18)28-17-31-13-20(28)16-38-27(35-28)34-26(36)19-6-4-3-5-7-19/h1,3-9,11-12,14-15,20,31H,10,13,16-17H2,(H,34,35,36)/b23-12-/t20-,28-/m0/s1. The van der Waals surface area contributed by atoms with Crippen LogP contribution in [-0.2, 0) is 5.54 Å². The molecule has 10 heteroatoms. The van der Waals surface area contributed by atoms with Crippen LogP contribution in [0, 0.1) is 24.1 Å². The zero-order valence-electron chi connectivity index (χ0n) is 20.2.